The molecule has 1 aromatic heterocycles. The molecule has 0 aliphatic heterocycles. The second-order valence-electron chi connectivity index (χ2n) is 3.14. The molecule has 0 saturated carbocycles. The van der Waals surface area contributed by atoms with Gasteiger partial charge in [0.1, 0.15) is 5.82 Å². The smallest absolute Gasteiger partial charge is 0.163 e. The second kappa shape index (κ2) is 3.42. The summed E-state index contributed by atoms with van der Waals surface area (Å²) in [6, 6.07) is 7.59. The summed E-state index contributed by atoms with van der Waals surface area (Å²) in [5.41, 5.74) is 0.987. The molecule has 1 heterocycles. The van der Waals surface area contributed by atoms with Crippen LogP contribution < -0.4 is 0 Å². The van der Waals surface area contributed by atoms with Crippen LogP contribution in [0.2, 0.25) is 5.02 Å². The Bertz CT molecular complexity index is 462. The van der Waals surface area contributed by atoms with E-state index in [-0.39, 0.29) is 0 Å². The molecule has 0 radical (unpaired) electrons. The molecule has 0 N–H and O–H groups in total. The van der Waals surface area contributed by atoms with Crippen LogP contribution >= 0.6 is 11.6 Å². The highest BCUT2D eigenvalue weighted by Gasteiger charge is 2.07. The van der Waals surface area contributed by atoms with Gasteiger partial charge in [-0.3, -0.25) is 0 Å². The maximum Gasteiger partial charge on any atom is 0.163 e. The first-order valence-corrected chi connectivity index (χ1v) is 4.68. The molecule has 0 bridgehead atoms. The van der Waals surface area contributed by atoms with Gasteiger partial charge in [0.2, 0.25) is 0 Å². The summed E-state index contributed by atoms with van der Waals surface area (Å²) in [5.74, 6) is 1.73. The first kappa shape index (κ1) is 9.21. The molecule has 2 rings (SSSR count). The predicted molar refractivity (Wildman–Crippen MR) is 56.2 cm³/mol. The van der Waals surface area contributed by atoms with Gasteiger partial charge in [0.15, 0.2) is 5.82 Å². The second-order valence-corrected chi connectivity index (χ2v) is 3.58. The summed E-state index contributed by atoms with van der Waals surface area (Å²) in [5, 5.41) is 8.78. The molecule has 72 valence electrons. The van der Waals surface area contributed by atoms with Crippen LogP contribution in [0, 0.1) is 6.92 Å². The van der Waals surface area contributed by atoms with Crippen molar-refractivity contribution in [3.8, 4) is 11.4 Å². The number of hydrogen-bond donors (Lipinski definition) is 0. The van der Waals surface area contributed by atoms with Gasteiger partial charge >= 0.3 is 0 Å². The van der Waals surface area contributed by atoms with Gasteiger partial charge in [0.05, 0.1) is 0 Å². The van der Waals surface area contributed by atoms with Crippen molar-refractivity contribution in [2.45, 2.75) is 6.92 Å². The molecule has 0 atom stereocenters. The highest BCUT2D eigenvalue weighted by Crippen LogP contribution is 2.20. The minimum Gasteiger partial charge on any atom is -0.314 e. The van der Waals surface area contributed by atoms with Gasteiger partial charge in [-0.25, -0.2) is 0 Å². The van der Waals surface area contributed by atoms with E-state index in [0.29, 0.717) is 5.02 Å². The third kappa shape index (κ3) is 1.51. The monoisotopic (exact) mass is 207 g/mol. The van der Waals surface area contributed by atoms with E-state index < -0.39 is 0 Å². The molecule has 0 amide bonds. The van der Waals surface area contributed by atoms with Crippen LogP contribution in [0.4, 0.5) is 0 Å². The van der Waals surface area contributed by atoms with Gasteiger partial charge in [-0.15, -0.1) is 10.2 Å². The van der Waals surface area contributed by atoms with Crippen molar-refractivity contribution in [3.63, 3.8) is 0 Å². The van der Waals surface area contributed by atoms with Crippen LogP contribution in [0.3, 0.4) is 0 Å². The van der Waals surface area contributed by atoms with Gasteiger partial charge in [-0.05, 0) is 19.1 Å². The molecule has 0 saturated heterocycles. The highest BCUT2D eigenvalue weighted by molar-refractivity contribution is 6.30. The van der Waals surface area contributed by atoms with Gasteiger partial charge < -0.3 is 4.57 Å². The molecular formula is C10H10ClN3. The Morgan fingerprint density at radius 3 is 2.64 bits per heavy atom. The fraction of sp³-hybridized carbons (Fsp3) is 0.200. The zero-order valence-corrected chi connectivity index (χ0v) is 8.78. The van der Waals surface area contributed by atoms with E-state index in [9.17, 15) is 0 Å². The lowest BCUT2D eigenvalue weighted by molar-refractivity contribution is 0.865. The quantitative estimate of drug-likeness (QED) is 0.719. The molecular weight excluding hydrogens is 198 g/mol. The molecule has 0 aliphatic rings. The van der Waals surface area contributed by atoms with Crippen LogP contribution in [0.15, 0.2) is 24.3 Å². The summed E-state index contributed by atoms with van der Waals surface area (Å²) in [6.45, 7) is 1.92. The molecule has 0 spiro atoms. The number of aryl methyl sites for hydroxylation is 1. The third-order valence-electron chi connectivity index (χ3n) is 2.18. The minimum absolute atomic E-state index is 0.711. The Morgan fingerprint density at radius 1 is 1.29 bits per heavy atom. The molecule has 1 aromatic carbocycles. The first-order chi connectivity index (χ1) is 6.68. The van der Waals surface area contributed by atoms with Gasteiger partial charge in [0.25, 0.3) is 0 Å². The zero-order valence-electron chi connectivity index (χ0n) is 8.03. The Balaban J connectivity index is 2.55. The summed E-state index contributed by atoms with van der Waals surface area (Å²) < 4.78 is 1.94. The largest absolute Gasteiger partial charge is 0.314 e. The van der Waals surface area contributed by atoms with E-state index in [1.807, 2.05) is 42.8 Å². The number of hydrogen-bond acceptors (Lipinski definition) is 2. The van der Waals surface area contributed by atoms with Gasteiger partial charge in [-0.2, -0.15) is 0 Å². The number of benzene rings is 1. The number of halogens is 1. The minimum atomic E-state index is 0.711. The Morgan fingerprint density at radius 2 is 2.07 bits per heavy atom. The molecule has 2 aromatic rings. The summed E-state index contributed by atoms with van der Waals surface area (Å²) in [4.78, 5) is 0. The van der Waals surface area contributed by atoms with Crippen LogP contribution in [0.5, 0.6) is 0 Å². The fourth-order valence-electron chi connectivity index (χ4n) is 1.29. The maximum atomic E-state index is 5.90. The Hall–Kier alpha value is -1.35. The summed E-state index contributed by atoms with van der Waals surface area (Å²) in [6.07, 6.45) is 0. The SMILES string of the molecule is Cc1nnc(-c2cccc(Cl)c2)n1C. The lowest BCUT2D eigenvalue weighted by atomic mass is 10.2. The normalized spacial score (nSPS) is 10.5. The van der Waals surface area contributed by atoms with E-state index in [0.717, 1.165) is 17.2 Å². The first-order valence-electron chi connectivity index (χ1n) is 4.30. The lowest BCUT2D eigenvalue weighted by Crippen LogP contribution is -1.94. The average Bonchev–Trinajstić information content (AvgIpc) is 2.48. The van der Waals surface area contributed by atoms with E-state index in [1.54, 1.807) is 0 Å². The van der Waals surface area contributed by atoms with Crippen molar-refractivity contribution in [3.05, 3.63) is 35.1 Å². The zero-order chi connectivity index (χ0) is 10.1. The van der Waals surface area contributed by atoms with Crippen molar-refractivity contribution in [1.82, 2.24) is 14.8 Å². The van der Waals surface area contributed by atoms with Crippen LogP contribution in [-0.2, 0) is 7.05 Å². The van der Waals surface area contributed by atoms with Crippen molar-refractivity contribution in [2.75, 3.05) is 0 Å². The number of nitrogens with zero attached hydrogens (tertiary/aromatic N) is 3. The molecule has 0 fully saturated rings. The Labute approximate surface area is 87.3 Å². The molecule has 3 nitrogen and oxygen atoms in total. The van der Waals surface area contributed by atoms with Gasteiger partial charge in [0, 0.05) is 17.6 Å². The Kier molecular flexibility index (Phi) is 2.25. The van der Waals surface area contributed by atoms with Gasteiger partial charge in [-0.1, -0.05) is 23.7 Å². The fourth-order valence-corrected chi connectivity index (χ4v) is 1.48. The number of aromatic nitrogens is 3. The van der Waals surface area contributed by atoms with Crippen molar-refractivity contribution in [1.29, 1.82) is 0 Å². The van der Waals surface area contributed by atoms with E-state index in [1.165, 1.54) is 0 Å². The standard InChI is InChI=1S/C10H10ClN3/c1-7-12-13-10(14(7)2)8-4-3-5-9(11)6-8/h3-6H,1-2H3. The van der Waals surface area contributed by atoms with E-state index in [2.05, 4.69) is 10.2 Å². The predicted octanol–water partition coefficient (Wildman–Crippen LogP) is 2.44. The highest BCUT2D eigenvalue weighted by atomic mass is 35.5. The van der Waals surface area contributed by atoms with E-state index >= 15 is 0 Å². The summed E-state index contributed by atoms with van der Waals surface area (Å²) >= 11 is 5.90. The molecule has 4 heteroatoms. The van der Waals surface area contributed by atoms with Crippen molar-refractivity contribution >= 4 is 11.6 Å². The van der Waals surface area contributed by atoms with E-state index in [4.69, 9.17) is 11.6 Å². The number of rotatable bonds is 1. The van der Waals surface area contributed by atoms with Crippen molar-refractivity contribution < 1.29 is 0 Å². The third-order valence-corrected chi connectivity index (χ3v) is 2.41. The van der Waals surface area contributed by atoms with Crippen LogP contribution in [0.25, 0.3) is 11.4 Å². The topological polar surface area (TPSA) is 30.7 Å². The molecule has 0 unspecified atom stereocenters. The van der Waals surface area contributed by atoms with Crippen LogP contribution in [-0.4, -0.2) is 14.8 Å². The molecule has 0 aliphatic carbocycles. The lowest BCUT2D eigenvalue weighted by Gasteiger charge is -2.01. The van der Waals surface area contributed by atoms with Crippen LogP contribution in [0.1, 0.15) is 5.82 Å². The molecule has 14 heavy (non-hydrogen) atoms. The average molecular weight is 208 g/mol. The summed E-state index contributed by atoms with van der Waals surface area (Å²) in [7, 11) is 1.94. The maximum absolute atomic E-state index is 5.90. The van der Waals surface area contributed by atoms with Crippen molar-refractivity contribution in [2.24, 2.45) is 7.05 Å².